The zero-order valence-corrected chi connectivity index (χ0v) is 25.9. The Morgan fingerprint density at radius 2 is 1.77 bits per heavy atom. The van der Waals surface area contributed by atoms with Gasteiger partial charge in [-0.05, 0) is 37.9 Å². The number of pyridine rings is 1. The van der Waals surface area contributed by atoms with Crippen LogP contribution in [0.2, 0.25) is 10.0 Å². The van der Waals surface area contributed by atoms with Crippen LogP contribution in [0.25, 0.3) is 22.2 Å². The highest BCUT2D eigenvalue weighted by atomic mass is 35.5. The number of amides is 1. The molecule has 230 valence electrons. The van der Waals surface area contributed by atoms with Gasteiger partial charge in [0.15, 0.2) is 0 Å². The number of methoxy groups -OCH3 is 2. The van der Waals surface area contributed by atoms with Gasteiger partial charge in [0, 0.05) is 75.2 Å². The van der Waals surface area contributed by atoms with Crippen molar-refractivity contribution in [3.63, 3.8) is 0 Å². The van der Waals surface area contributed by atoms with Crippen molar-refractivity contribution in [3.8, 4) is 22.6 Å². The molecule has 3 aromatic rings. The van der Waals surface area contributed by atoms with Gasteiger partial charge in [-0.15, -0.1) is 0 Å². The average Bonchev–Trinajstić information content (AvgIpc) is 3.03. The van der Waals surface area contributed by atoms with Crippen LogP contribution in [0.15, 0.2) is 35.8 Å². The van der Waals surface area contributed by atoms with Crippen molar-refractivity contribution in [1.82, 2.24) is 24.3 Å². The summed E-state index contributed by atoms with van der Waals surface area (Å²) in [5.74, 6) is 1.09. The summed E-state index contributed by atoms with van der Waals surface area (Å²) in [5.41, 5.74) is 0.850. The van der Waals surface area contributed by atoms with Gasteiger partial charge in [0.25, 0.3) is 5.56 Å². The molecule has 2 saturated heterocycles. The Hall–Kier alpha value is -3.38. The monoisotopic (exact) mass is 630 g/mol. The molecule has 2 fully saturated rings. The van der Waals surface area contributed by atoms with Crippen molar-refractivity contribution in [2.75, 3.05) is 65.5 Å². The second-order valence-corrected chi connectivity index (χ2v) is 11.3. The fraction of sp³-hybridized carbons (Fsp3) is 0.467. The first-order chi connectivity index (χ1) is 20.8. The van der Waals surface area contributed by atoms with Crippen LogP contribution in [0.5, 0.6) is 11.5 Å². The minimum Gasteiger partial charge on any atom is -0.495 e. The molecule has 1 aromatic carbocycles. The van der Waals surface area contributed by atoms with E-state index in [9.17, 15) is 9.59 Å². The van der Waals surface area contributed by atoms with E-state index in [1.165, 1.54) is 20.3 Å². The van der Waals surface area contributed by atoms with Crippen molar-refractivity contribution < 1.29 is 19.0 Å². The molecular weight excluding hydrogens is 595 g/mol. The Balaban J connectivity index is 1.50. The van der Waals surface area contributed by atoms with E-state index in [0.29, 0.717) is 78.9 Å². The number of aryl methyl sites for hydroxylation is 1. The first-order valence-electron chi connectivity index (χ1n) is 14.3. The largest absolute Gasteiger partial charge is 0.495 e. The van der Waals surface area contributed by atoms with Gasteiger partial charge in [-0.1, -0.05) is 29.8 Å². The van der Waals surface area contributed by atoms with E-state index in [4.69, 9.17) is 42.4 Å². The van der Waals surface area contributed by atoms with Crippen molar-refractivity contribution in [3.05, 3.63) is 51.4 Å². The summed E-state index contributed by atoms with van der Waals surface area (Å²) in [6.07, 6.45) is 5.45. The maximum Gasteiger partial charge on any atom is 0.260 e. The van der Waals surface area contributed by atoms with Crippen LogP contribution in [0.4, 0.5) is 5.95 Å². The fourth-order valence-corrected chi connectivity index (χ4v) is 6.24. The van der Waals surface area contributed by atoms with Crippen LogP contribution in [-0.4, -0.2) is 96.4 Å². The Morgan fingerprint density at radius 1 is 1.09 bits per heavy atom. The summed E-state index contributed by atoms with van der Waals surface area (Å²) in [4.78, 5) is 39.6. The number of piperazine rings is 1. The maximum atomic E-state index is 14.2. The predicted molar refractivity (Wildman–Crippen MR) is 168 cm³/mol. The van der Waals surface area contributed by atoms with Crippen LogP contribution in [0.1, 0.15) is 19.3 Å². The van der Waals surface area contributed by atoms with E-state index in [-0.39, 0.29) is 27.6 Å². The fourth-order valence-electron chi connectivity index (χ4n) is 5.54. The normalized spacial score (nSPS) is 16.3. The number of nitrogens with zero attached hydrogens (tertiary/aromatic N) is 5. The minimum atomic E-state index is -0.288. The van der Waals surface area contributed by atoms with E-state index in [1.54, 1.807) is 27.8 Å². The number of fused-ring (bicyclic) bond motifs is 1. The third kappa shape index (κ3) is 6.75. The number of nitrogens with one attached hydrogen (secondary N) is 1. The van der Waals surface area contributed by atoms with Crippen molar-refractivity contribution >= 4 is 46.1 Å². The number of hydrogen-bond donors (Lipinski definition) is 1. The summed E-state index contributed by atoms with van der Waals surface area (Å²) in [7, 11) is 2.98. The van der Waals surface area contributed by atoms with Gasteiger partial charge in [0.05, 0.1) is 29.8 Å². The Kier molecular flexibility index (Phi) is 10.1. The first kappa shape index (κ1) is 31.1. The van der Waals surface area contributed by atoms with Crippen LogP contribution in [0, 0.1) is 0 Å². The molecule has 0 atom stereocenters. The topological polar surface area (TPSA) is 111 Å². The quantitative estimate of drug-likeness (QED) is 0.331. The van der Waals surface area contributed by atoms with Crippen LogP contribution >= 0.6 is 23.2 Å². The Labute approximate surface area is 260 Å². The highest BCUT2D eigenvalue weighted by Crippen LogP contribution is 2.45. The number of rotatable bonds is 10. The minimum absolute atomic E-state index is 0.0502. The number of halogens is 2. The van der Waals surface area contributed by atoms with E-state index in [2.05, 4.69) is 21.8 Å². The molecule has 2 aromatic heterocycles. The second kappa shape index (κ2) is 13.9. The molecule has 0 radical (unpaired) electrons. The molecule has 1 N–H and O–H groups in total. The lowest BCUT2D eigenvalue weighted by Gasteiger charge is -2.34. The van der Waals surface area contributed by atoms with Gasteiger partial charge in [0.1, 0.15) is 17.1 Å². The van der Waals surface area contributed by atoms with Crippen molar-refractivity contribution in [2.24, 2.45) is 0 Å². The molecule has 0 saturated carbocycles. The molecule has 0 aliphatic carbocycles. The van der Waals surface area contributed by atoms with E-state index < -0.39 is 0 Å². The van der Waals surface area contributed by atoms with Gasteiger partial charge in [-0.3, -0.25) is 19.1 Å². The molecule has 0 unspecified atom stereocenters. The van der Waals surface area contributed by atoms with Crippen LogP contribution in [-0.2, 0) is 16.1 Å². The molecule has 2 aliphatic heterocycles. The summed E-state index contributed by atoms with van der Waals surface area (Å²) in [5, 5.41) is 4.48. The van der Waals surface area contributed by atoms with E-state index in [1.807, 2.05) is 0 Å². The molecule has 1 amide bonds. The molecule has 0 bridgehead atoms. The zero-order valence-electron chi connectivity index (χ0n) is 24.4. The van der Waals surface area contributed by atoms with Crippen molar-refractivity contribution in [1.29, 1.82) is 0 Å². The summed E-state index contributed by atoms with van der Waals surface area (Å²) in [6.45, 7) is 8.90. The molecule has 43 heavy (non-hydrogen) atoms. The Bertz CT molecular complexity index is 1520. The predicted octanol–water partition coefficient (Wildman–Crippen LogP) is 4.09. The molecule has 13 heteroatoms. The average molecular weight is 632 g/mol. The standard InChI is InChI=1S/C30H36Cl2N6O5/c1-4-24(39)37-12-10-36(11-13-37)8-5-9-38-28-19(18-33-30(35-28)34-20-6-14-43-15-7-20)16-21(29(38)40)25-26(31)22(41-2)17-23(42-3)27(25)32/h4,16-18,20H,1,5-15H2,2-3H3,(H,33,34,35). The SMILES string of the molecule is C=CC(=O)N1CCN(CCCn2c(=O)c(-c3c(Cl)c(OC)cc(OC)c3Cl)cc3cnc(NC4CCOCC4)nc32)CC1. The first-order valence-corrected chi connectivity index (χ1v) is 15.1. The number of hydrogen-bond acceptors (Lipinski definition) is 9. The molecule has 11 nitrogen and oxygen atoms in total. The Morgan fingerprint density at radius 3 is 2.40 bits per heavy atom. The van der Waals surface area contributed by atoms with E-state index >= 15 is 0 Å². The van der Waals surface area contributed by atoms with Gasteiger partial charge in [-0.2, -0.15) is 4.98 Å². The van der Waals surface area contributed by atoms with E-state index in [0.717, 1.165) is 32.5 Å². The van der Waals surface area contributed by atoms with Gasteiger partial charge < -0.3 is 24.4 Å². The highest BCUT2D eigenvalue weighted by molar-refractivity contribution is 6.41. The molecule has 4 heterocycles. The van der Waals surface area contributed by atoms with Crippen LogP contribution < -0.4 is 20.3 Å². The molecule has 0 spiro atoms. The number of benzene rings is 1. The summed E-state index contributed by atoms with van der Waals surface area (Å²) in [6, 6.07) is 3.50. The highest BCUT2D eigenvalue weighted by Gasteiger charge is 2.24. The van der Waals surface area contributed by atoms with Gasteiger partial charge in [0.2, 0.25) is 11.9 Å². The number of ether oxygens (including phenoxy) is 3. The number of carbonyl (C=O) groups excluding carboxylic acids is 1. The third-order valence-electron chi connectivity index (χ3n) is 7.94. The lowest BCUT2D eigenvalue weighted by Crippen LogP contribution is -2.48. The van der Waals surface area contributed by atoms with Crippen molar-refractivity contribution in [2.45, 2.75) is 31.8 Å². The third-order valence-corrected chi connectivity index (χ3v) is 8.69. The van der Waals surface area contributed by atoms with Crippen LogP contribution in [0.3, 0.4) is 0 Å². The zero-order chi connectivity index (χ0) is 30.5. The van der Waals surface area contributed by atoms with Gasteiger partial charge in [-0.25, -0.2) is 4.98 Å². The maximum absolute atomic E-state index is 14.2. The summed E-state index contributed by atoms with van der Waals surface area (Å²) < 4.78 is 18.0. The molecular formula is C30H36Cl2N6O5. The van der Waals surface area contributed by atoms with Gasteiger partial charge >= 0.3 is 0 Å². The number of carbonyl (C=O) groups is 1. The molecule has 5 rings (SSSR count). The lowest BCUT2D eigenvalue weighted by molar-refractivity contribution is -0.127. The lowest BCUT2D eigenvalue weighted by atomic mass is 10.0. The second-order valence-electron chi connectivity index (χ2n) is 10.5. The summed E-state index contributed by atoms with van der Waals surface area (Å²) >= 11 is 13.5. The smallest absolute Gasteiger partial charge is 0.260 e. The molecule has 2 aliphatic rings. The number of aromatic nitrogens is 3. The number of anilines is 1.